The summed E-state index contributed by atoms with van der Waals surface area (Å²) in [5.74, 6) is 0.351. The van der Waals surface area contributed by atoms with Gasteiger partial charge in [-0.05, 0) is 48.0 Å². The van der Waals surface area contributed by atoms with E-state index in [4.69, 9.17) is 4.98 Å². The summed E-state index contributed by atoms with van der Waals surface area (Å²) in [6.07, 6.45) is 5.45. The van der Waals surface area contributed by atoms with Crippen LogP contribution in [0.4, 0.5) is 4.39 Å². The fourth-order valence-corrected chi connectivity index (χ4v) is 4.28. The molecule has 7 nitrogen and oxygen atoms in total. The van der Waals surface area contributed by atoms with Crippen molar-refractivity contribution in [2.24, 2.45) is 0 Å². The number of nitrogens with zero attached hydrogens (tertiary/aromatic N) is 4. The lowest BCUT2D eigenvalue weighted by molar-refractivity contribution is 0.628. The minimum absolute atomic E-state index is 0.280. The fourth-order valence-electron chi connectivity index (χ4n) is 4.28. The van der Waals surface area contributed by atoms with Gasteiger partial charge in [0, 0.05) is 35.5 Å². The predicted octanol–water partition coefficient (Wildman–Crippen LogP) is 5.48. The van der Waals surface area contributed by atoms with Gasteiger partial charge in [-0.25, -0.2) is 9.37 Å². The first-order valence-electron chi connectivity index (χ1n) is 11.4. The lowest BCUT2D eigenvalue weighted by Crippen LogP contribution is -2.11. The second-order valence-electron chi connectivity index (χ2n) is 8.35. The van der Waals surface area contributed by atoms with Crippen LogP contribution in [0.15, 0.2) is 73.2 Å². The van der Waals surface area contributed by atoms with Gasteiger partial charge in [-0.1, -0.05) is 31.2 Å². The zero-order chi connectivity index (χ0) is 23.8. The van der Waals surface area contributed by atoms with E-state index in [9.17, 15) is 4.39 Å². The molecule has 4 aromatic heterocycles. The average molecular weight is 464 g/mol. The van der Waals surface area contributed by atoms with Gasteiger partial charge in [0.25, 0.3) is 0 Å². The summed E-state index contributed by atoms with van der Waals surface area (Å²) in [5.41, 5.74) is 7.60. The molecule has 0 fully saturated rings. The van der Waals surface area contributed by atoms with Crippen molar-refractivity contribution in [2.75, 3.05) is 6.54 Å². The number of para-hydroxylation sites is 1. The maximum atomic E-state index is 13.9. The molecule has 0 spiro atoms. The molecule has 0 saturated heterocycles. The number of imidazole rings is 1. The highest BCUT2D eigenvalue weighted by molar-refractivity contribution is 5.97. The molecule has 35 heavy (non-hydrogen) atoms. The highest BCUT2D eigenvalue weighted by Gasteiger charge is 2.16. The lowest BCUT2D eigenvalue weighted by Gasteiger charge is -2.05. The number of H-pyrrole nitrogens is 2. The molecular formula is C27H22FN7. The van der Waals surface area contributed by atoms with Crippen LogP contribution in [-0.2, 0) is 6.54 Å². The van der Waals surface area contributed by atoms with Crippen molar-refractivity contribution < 1.29 is 4.39 Å². The van der Waals surface area contributed by atoms with Crippen molar-refractivity contribution in [3.8, 4) is 33.9 Å². The maximum Gasteiger partial charge on any atom is 0.159 e. The standard InChI is InChI=1S/C27H22FN7/c1-2-29-12-16-9-18(14-30-13-16)23-11-21-24(15-31-23)34-35-26(21)27-32-22-8-4-7-20(25(22)33-27)17-5-3-6-19(28)10-17/h3-11,13-15,29H,2,12H2,1H3,(H,32,33)(H,34,35). The van der Waals surface area contributed by atoms with Gasteiger partial charge < -0.3 is 10.3 Å². The Hall–Kier alpha value is -4.43. The number of benzene rings is 2. The molecule has 0 aliphatic carbocycles. The first-order chi connectivity index (χ1) is 17.2. The van der Waals surface area contributed by atoms with Gasteiger partial charge in [-0.15, -0.1) is 0 Å². The van der Waals surface area contributed by atoms with E-state index in [-0.39, 0.29) is 5.82 Å². The molecular weight excluding hydrogens is 441 g/mol. The highest BCUT2D eigenvalue weighted by Crippen LogP contribution is 2.32. The van der Waals surface area contributed by atoms with E-state index in [1.807, 2.05) is 42.7 Å². The molecule has 4 heterocycles. The normalized spacial score (nSPS) is 11.5. The van der Waals surface area contributed by atoms with Crippen LogP contribution in [0.5, 0.6) is 0 Å². The van der Waals surface area contributed by atoms with E-state index in [1.165, 1.54) is 12.1 Å². The Kier molecular flexibility index (Phi) is 5.27. The molecule has 6 rings (SSSR count). The summed E-state index contributed by atoms with van der Waals surface area (Å²) in [5, 5.41) is 11.8. The van der Waals surface area contributed by atoms with E-state index in [2.05, 4.69) is 43.5 Å². The second kappa shape index (κ2) is 8.73. The topological polar surface area (TPSA) is 95.2 Å². The lowest BCUT2D eigenvalue weighted by atomic mass is 10.0. The Balaban J connectivity index is 1.44. The van der Waals surface area contributed by atoms with E-state index >= 15 is 0 Å². The van der Waals surface area contributed by atoms with Crippen LogP contribution < -0.4 is 5.32 Å². The molecule has 0 bridgehead atoms. The molecule has 2 aromatic carbocycles. The minimum atomic E-state index is -0.280. The number of rotatable bonds is 6. The fraction of sp³-hybridized carbons (Fsp3) is 0.111. The third-order valence-electron chi connectivity index (χ3n) is 5.99. The van der Waals surface area contributed by atoms with Crippen LogP contribution in [0.25, 0.3) is 55.8 Å². The number of nitrogens with one attached hydrogen (secondary N) is 3. The van der Waals surface area contributed by atoms with Crippen LogP contribution in [0.2, 0.25) is 0 Å². The summed E-state index contributed by atoms with van der Waals surface area (Å²) >= 11 is 0. The molecule has 8 heteroatoms. The summed E-state index contributed by atoms with van der Waals surface area (Å²) in [6, 6.07) is 16.5. The van der Waals surface area contributed by atoms with Crippen molar-refractivity contribution in [3.63, 3.8) is 0 Å². The smallest absolute Gasteiger partial charge is 0.159 e. The highest BCUT2D eigenvalue weighted by atomic mass is 19.1. The largest absolute Gasteiger partial charge is 0.337 e. The molecule has 0 atom stereocenters. The van der Waals surface area contributed by atoms with Crippen molar-refractivity contribution in [1.82, 2.24) is 35.5 Å². The predicted molar refractivity (Wildman–Crippen MR) is 135 cm³/mol. The van der Waals surface area contributed by atoms with Crippen molar-refractivity contribution >= 4 is 21.9 Å². The van der Waals surface area contributed by atoms with Crippen molar-refractivity contribution in [2.45, 2.75) is 13.5 Å². The summed E-state index contributed by atoms with van der Waals surface area (Å²) in [7, 11) is 0. The molecule has 0 aliphatic heterocycles. The number of hydrogen-bond donors (Lipinski definition) is 3. The van der Waals surface area contributed by atoms with Gasteiger partial charge in [0.2, 0.25) is 0 Å². The first kappa shape index (κ1) is 21.1. The Morgan fingerprint density at radius 1 is 0.943 bits per heavy atom. The van der Waals surface area contributed by atoms with Crippen molar-refractivity contribution in [3.05, 3.63) is 84.6 Å². The van der Waals surface area contributed by atoms with E-state index in [1.54, 1.807) is 12.3 Å². The van der Waals surface area contributed by atoms with Gasteiger partial charge in [0.1, 0.15) is 11.5 Å². The molecule has 6 aromatic rings. The first-order valence-corrected chi connectivity index (χ1v) is 11.4. The molecule has 0 aliphatic rings. The number of hydrogen-bond acceptors (Lipinski definition) is 5. The Morgan fingerprint density at radius 2 is 1.86 bits per heavy atom. The molecule has 172 valence electrons. The SMILES string of the molecule is CCNCc1cncc(-c2cc3c(-c4nc5c(-c6cccc(F)c6)cccc5[nH]4)n[nH]c3cn2)c1. The quantitative estimate of drug-likeness (QED) is 0.304. The van der Waals surface area contributed by atoms with Gasteiger partial charge in [0.15, 0.2) is 5.82 Å². The molecule has 0 radical (unpaired) electrons. The maximum absolute atomic E-state index is 13.9. The van der Waals surface area contributed by atoms with Gasteiger partial charge >= 0.3 is 0 Å². The van der Waals surface area contributed by atoms with Crippen molar-refractivity contribution in [1.29, 1.82) is 0 Å². The number of aromatic amines is 2. The number of aromatic nitrogens is 6. The number of fused-ring (bicyclic) bond motifs is 2. The summed E-state index contributed by atoms with van der Waals surface area (Å²) in [6.45, 7) is 3.72. The number of pyridine rings is 2. The third kappa shape index (κ3) is 3.94. The van der Waals surface area contributed by atoms with E-state index in [0.717, 1.165) is 63.0 Å². The molecule has 0 saturated carbocycles. The Labute approximate surface area is 200 Å². The van der Waals surface area contributed by atoms with Crippen LogP contribution in [0.1, 0.15) is 12.5 Å². The average Bonchev–Trinajstić information content (AvgIpc) is 3.51. The van der Waals surface area contributed by atoms with Gasteiger partial charge in [0.05, 0.1) is 28.4 Å². The van der Waals surface area contributed by atoms with E-state index in [0.29, 0.717) is 11.5 Å². The summed E-state index contributed by atoms with van der Waals surface area (Å²) in [4.78, 5) is 17.2. The van der Waals surface area contributed by atoms with Gasteiger partial charge in [-0.3, -0.25) is 15.1 Å². The van der Waals surface area contributed by atoms with Crippen LogP contribution in [0, 0.1) is 5.82 Å². The monoisotopic (exact) mass is 463 g/mol. The van der Waals surface area contributed by atoms with Crippen LogP contribution >= 0.6 is 0 Å². The number of halogens is 1. The second-order valence-corrected chi connectivity index (χ2v) is 8.35. The van der Waals surface area contributed by atoms with Gasteiger partial charge in [-0.2, -0.15) is 5.10 Å². The van der Waals surface area contributed by atoms with E-state index < -0.39 is 0 Å². The Morgan fingerprint density at radius 3 is 2.74 bits per heavy atom. The van der Waals surface area contributed by atoms with Crippen LogP contribution in [0.3, 0.4) is 0 Å². The molecule has 0 unspecified atom stereocenters. The minimum Gasteiger partial charge on any atom is -0.337 e. The zero-order valence-electron chi connectivity index (χ0n) is 19.0. The Bertz CT molecular complexity index is 1670. The molecule has 0 amide bonds. The summed E-state index contributed by atoms with van der Waals surface area (Å²) < 4.78 is 13.9. The molecule has 3 N–H and O–H groups in total. The zero-order valence-corrected chi connectivity index (χ0v) is 19.0. The van der Waals surface area contributed by atoms with Crippen LogP contribution in [-0.4, -0.2) is 36.7 Å². The third-order valence-corrected chi connectivity index (χ3v) is 5.99.